The predicted octanol–water partition coefficient (Wildman–Crippen LogP) is 4.33. The van der Waals surface area contributed by atoms with E-state index in [0.717, 1.165) is 11.4 Å². The minimum absolute atomic E-state index is 0.0923. The zero-order chi connectivity index (χ0) is 15.6. The van der Waals surface area contributed by atoms with E-state index in [1.165, 1.54) is 9.88 Å². The monoisotopic (exact) mass is 305 g/mol. The van der Waals surface area contributed by atoms with E-state index in [4.69, 9.17) is 9.72 Å². The number of aryl methyl sites for hydroxylation is 1. The smallest absolute Gasteiger partial charge is 0.213 e. The molecule has 0 amide bonds. The summed E-state index contributed by atoms with van der Waals surface area (Å²) in [5, 5.41) is 4.64. The van der Waals surface area contributed by atoms with Crippen molar-refractivity contribution in [3.63, 3.8) is 0 Å². The van der Waals surface area contributed by atoms with Crippen molar-refractivity contribution in [2.45, 2.75) is 46.1 Å². The van der Waals surface area contributed by atoms with Crippen molar-refractivity contribution >= 4 is 17.0 Å². The fourth-order valence-corrected chi connectivity index (χ4v) is 3.16. The molecule has 2 heterocycles. The standard InChI is InChI=1S/C16H23N3OS/c1-10(18-12-7-8-13(20-6)17-9-12)14-11(2)19-15(21-14)16(3,4)5/h7-10,18H,1-6H3. The van der Waals surface area contributed by atoms with Crippen molar-refractivity contribution in [2.24, 2.45) is 0 Å². The number of pyridine rings is 1. The van der Waals surface area contributed by atoms with Crippen LogP contribution in [-0.2, 0) is 5.41 Å². The van der Waals surface area contributed by atoms with Crippen LogP contribution in [0.5, 0.6) is 5.88 Å². The second kappa shape index (κ2) is 6.02. The molecule has 2 rings (SSSR count). The van der Waals surface area contributed by atoms with Gasteiger partial charge in [0.15, 0.2) is 0 Å². The van der Waals surface area contributed by atoms with Gasteiger partial charge in [-0.2, -0.15) is 0 Å². The minimum atomic E-state index is 0.0923. The first-order chi connectivity index (χ1) is 9.81. The normalized spacial score (nSPS) is 13.0. The molecule has 4 nitrogen and oxygen atoms in total. The van der Waals surface area contributed by atoms with Crippen LogP contribution >= 0.6 is 11.3 Å². The van der Waals surface area contributed by atoms with E-state index < -0.39 is 0 Å². The van der Waals surface area contributed by atoms with E-state index >= 15 is 0 Å². The van der Waals surface area contributed by atoms with E-state index in [1.54, 1.807) is 24.6 Å². The highest BCUT2D eigenvalue weighted by molar-refractivity contribution is 7.12. The average molecular weight is 305 g/mol. The topological polar surface area (TPSA) is 47.0 Å². The first-order valence-electron chi connectivity index (χ1n) is 7.05. The van der Waals surface area contributed by atoms with Crippen molar-refractivity contribution in [1.82, 2.24) is 9.97 Å². The molecule has 0 saturated carbocycles. The molecule has 2 aromatic rings. The van der Waals surface area contributed by atoms with Gasteiger partial charge >= 0.3 is 0 Å². The number of hydrogen-bond acceptors (Lipinski definition) is 5. The lowest BCUT2D eigenvalue weighted by Gasteiger charge is -2.15. The summed E-state index contributed by atoms with van der Waals surface area (Å²) in [7, 11) is 1.62. The number of aromatic nitrogens is 2. The Labute approximate surface area is 130 Å². The molecule has 114 valence electrons. The van der Waals surface area contributed by atoms with Crippen LogP contribution in [-0.4, -0.2) is 17.1 Å². The third-order valence-corrected chi connectivity index (χ3v) is 4.96. The van der Waals surface area contributed by atoms with Crippen LogP contribution < -0.4 is 10.1 Å². The van der Waals surface area contributed by atoms with E-state index in [9.17, 15) is 0 Å². The predicted molar refractivity (Wildman–Crippen MR) is 88.4 cm³/mol. The molecule has 0 bridgehead atoms. The van der Waals surface area contributed by atoms with Gasteiger partial charge < -0.3 is 10.1 Å². The highest BCUT2D eigenvalue weighted by atomic mass is 32.1. The van der Waals surface area contributed by atoms with E-state index in [0.29, 0.717) is 5.88 Å². The first kappa shape index (κ1) is 15.8. The fourth-order valence-electron chi connectivity index (χ4n) is 2.03. The molecule has 0 aliphatic carbocycles. The fraction of sp³-hybridized carbons (Fsp3) is 0.500. The molecule has 0 fully saturated rings. The van der Waals surface area contributed by atoms with Crippen LogP contribution in [0.4, 0.5) is 5.69 Å². The molecule has 21 heavy (non-hydrogen) atoms. The van der Waals surface area contributed by atoms with Crippen molar-refractivity contribution in [1.29, 1.82) is 0 Å². The summed E-state index contributed by atoms with van der Waals surface area (Å²) in [6.45, 7) is 10.8. The molecular formula is C16H23N3OS. The van der Waals surface area contributed by atoms with Crippen LogP contribution in [0.2, 0.25) is 0 Å². The van der Waals surface area contributed by atoms with Crippen LogP contribution in [0.15, 0.2) is 18.3 Å². The summed E-state index contributed by atoms with van der Waals surface area (Å²) in [6, 6.07) is 4.03. The van der Waals surface area contributed by atoms with Gasteiger partial charge in [-0.05, 0) is 19.9 Å². The Bertz CT molecular complexity index is 599. The molecule has 1 N–H and O–H groups in total. The second-order valence-electron chi connectivity index (χ2n) is 6.17. The minimum Gasteiger partial charge on any atom is -0.481 e. The van der Waals surface area contributed by atoms with E-state index in [1.807, 2.05) is 12.1 Å². The Kier molecular flexibility index (Phi) is 4.52. The lowest BCUT2D eigenvalue weighted by atomic mass is 9.98. The van der Waals surface area contributed by atoms with Gasteiger partial charge in [-0.3, -0.25) is 0 Å². The van der Waals surface area contributed by atoms with Gasteiger partial charge in [-0.25, -0.2) is 9.97 Å². The number of hydrogen-bond donors (Lipinski definition) is 1. The largest absolute Gasteiger partial charge is 0.481 e. The van der Waals surface area contributed by atoms with Crippen LogP contribution in [0.25, 0.3) is 0 Å². The first-order valence-corrected chi connectivity index (χ1v) is 7.87. The molecule has 2 aromatic heterocycles. The van der Waals surface area contributed by atoms with E-state index in [2.05, 4.69) is 44.9 Å². The second-order valence-corrected chi connectivity index (χ2v) is 7.20. The van der Waals surface area contributed by atoms with Gasteiger partial charge in [-0.15, -0.1) is 11.3 Å². The average Bonchev–Trinajstić information content (AvgIpc) is 2.82. The van der Waals surface area contributed by atoms with Crippen LogP contribution in [0, 0.1) is 6.92 Å². The van der Waals surface area contributed by atoms with Crippen molar-refractivity contribution in [3.8, 4) is 5.88 Å². The Balaban J connectivity index is 2.16. The SMILES string of the molecule is COc1ccc(NC(C)c2sc(C(C)(C)C)nc2C)cn1. The third kappa shape index (κ3) is 3.73. The zero-order valence-corrected chi connectivity index (χ0v) is 14.3. The molecule has 0 saturated heterocycles. The van der Waals surface area contributed by atoms with E-state index in [-0.39, 0.29) is 11.5 Å². The number of thiazole rings is 1. The Morgan fingerprint density at radius 2 is 2.00 bits per heavy atom. The Morgan fingerprint density at radius 3 is 2.48 bits per heavy atom. The Morgan fingerprint density at radius 1 is 1.29 bits per heavy atom. The summed E-state index contributed by atoms with van der Waals surface area (Å²) in [6.07, 6.45) is 1.79. The van der Waals surface area contributed by atoms with Gasteiger partial charge in [0.05, 0.1) is 35.7 Å². The molecule has 5 heteroatoms. The molecule has 0 spiro atoms. The molecule has 1 atom stereocenters. The Hall–Kier alpha value is -1.62. The number of ether oxygens (including phenoxy) is 1. The molecule has 0 aromatic carbocycles. The quantitative estimate of drug-likeness (QED) is 0.913. The van der Waals surface area contributed by atoms with Gasteiger partial charge in [0.2, 0.25) is 5.88 Å². The number of rotatable bonds is 4. The molecular weight excluding hydrogens is 282 g/mol. The number of methoxy groups -OCH3 is 1. The van der Waals surface area contributed by atoms with Crippen molar-refractivity contribution in [3.05, 3.63) is 33.9 Å². The maximum Gasteiger partial charge on any atom is 0.213 e. The lowest BCUT2D eigenvalue weighted by Crippen LogP contribution is -2.10. The summed E-state index contributed by atoms with van der Waals surface area (Å²) in [5.41, 5.74) is 2.18. The lowest BCUT2D eigenvalue weighted by molar-refractivity contribution is 0.398. The van der Waals surface area contributed by atoms with Gasteiger partial charge in [-0.1, -0.05) is 20.8 Å². The summed E-state index contributed by atoms with van der Waals surface area (Å²) < 4.78 is 5.07. The highest BCUT2D eigenvalue weighted by Gasteiger charge is 2.22. The zero-order valence-electron chi connectivity index (χ0n) is 13.5. The van der Waals surface area contributed by atoms with Crippen molar-refractivity contribution in [2.75, 3.05) is 12.4 Å². The maximum absolute atomic E-state index is 5.07. The summed E-state index contributed by atoms with van der Waals surface area (Å²) in [4.78, 5) is 10.2. The highest BCUT2D eigenvalue weighted by Crippen LogP contribution is 2.33. The molecule has 1 unspecified atom stereocenters. The van der Waals surface area contributed by atoms with Crippen LogP contribution in [0.1, 0.15) is 49.3 Å². The van der Waals surface area contributed by atoms with Gasteiger partial charge in [0.25, 0.3) is 0 Å². The number of nitrogens with zero attached hydrogens (tertiary/aromatic N) is 2. The van der Waals surface area contributed by atoms with Crippen LogP contribution in [0.3, 0.4) is 0 Å². The molecule has 0 radical (unpaired) electrons. The summed E-state index contributed by atoms with van der Waals surface area (Å²) in [5.74, 6) is 0.622. The molecule has 0 aliphatic heterocycles. The maximum atomic E-state index is 5.07. The van der Waals surface area contributed by atoms with Gasteiger partial charge in [0.1, 0.15) is 0 Å². The third-order valence-electron chi connectivity index (χ3n) is 3.20. The van der Waals surface area contributed by atoms with Crippen molar-refractivity contribution < 1.29 is 4.74 Å². The summed E-state index contributed by atoms with van der Waals surface area (Å²) >= 11 is 1.78. The number of nitrogens with one attached hydrogen (secondary N) is 1. The number of anilines is 1. The van der Waals surface area contributed by atoms with Gasteiger partial charge in [0, 0.05) is 16.4 Å². The molecule has 0 aliphatic rings.